The third kappa shape index (κ3) is 3.97. The largest absolute Gasteiger partial charge is 0.326 e. The van der Waals surface area contributed by atoms with Gasteiger partial charge in [0.2, 0.25) is 5.91 Å². The van der Waals surface area contributed by atoms with E-state index in [0.29, 0.717) is 5.91 Å². The third-order valence-electron chi connectivity index (χ3n) is 5.09. The predicted octanol–water partition coefficient (Wildman–Crippen LogP) is 3.68. The molecule has 3 heteroatoms. The summed E-state index contributed by atoms with van der Waals surface area (Å²) >= 11 is 0. The molecule has 1 saturated heterocycles. The molecule has 2 atom stereocenters. The fraction of sp³-hybridized carbons (Fsp3) is 0.941. The molecule has 1 amide bonds. The first kappa shape index (κ1) is 15.8. The molecule has 0 bridgehead atoms. The van der Waals surface area contributed by atoms with Gasteiger partial charge in [-0.25, -0.2) is 0 Å². The smallest absolute Gasteiger partial charge is 0.241 e. The van der Waals surface area contributed by atoms with E-state index >= 15 is 0 Å². The highest BCUT2D eigenvalue weighted by atomic mass is 16.2. The van der Waals surface area contributed by atoms with Crippen molar-refractivity contribution in [2.45, 2.75) is 90.3 Å². The molecule has 0 radical (unpaired) electrons. The molecule has 0 spiro atoms. The van der Waals surface area contributed by atoms with Crippen LogP contribution in [0.1, 0.15) is 78.1 Å². The molecule has 0 aromatic carbocycles. The van der Waals surface area contributed by atoms with Crippen molar-refractivity contribution in [1.82, 2.24) is 10.2 Å². The van der Waals surface area contributed by atoms with Gasteiger partial charge in [-0.15, -0.1) is 0 Å². The van der Waals surface area contributed by atoms with Crippen molar-refractivity contribution in [2.75, 3.05) is 6.54 Å². The van der Waals surface area contributed by atoms with Crippen molar-refractivity contribution < 1.29 is 4.79 Å². The van der Waals surface area contributed by atoms with Crippen LogP contribution >= 0.6 is 0 Å². The normalized spacial score (nSPS) is 28.3. The Morgan fingerprint density at radius 1 is 1.15 bits per heavy atom. The zero-order valence-electron chi connectivity index (χ0n) is 13.4. The molecule has 3 nitrogen and oxygen atoms in total. The minimum absolute atomic E-state index is 0.0891. The molecule has 1 N–H and O–H groups in total. The van der Waals surface area contributed by atoms with Crippen LogP contribution in [0.15, 0.2) is 0 Å². The van der Waals surface area contributed by atoms with Gasteiger partial charge in [-0.05, 0) is 25.2 Å². The first-order valence-corrected chi connectivity index (χ1v) is 8.82. The van der Waals surface area contributed by atoms with Crippen molar-refractivity contribution >= 4 is 5.91 Å². The van der Waals surface area contributed by atoms with Crippen molar-refractivity contribution in [2.24, 2.45) is 5.92 Å². The van der Waals surface area contributed by atoms with Gasteiger partial charge in [0.15, 0.2) is 0 Å². The highest BCUT2D eigenvalue weighted by molar-refractivity contribution is 5.84. The van der Waals surface area contributed by atoms with Crippen LogP contribution in [0.2, 0.25) is 0 Å². The SMILES string of the molecule is CCCCC1NC(CC)N(CCC2CCCCC2)C1=O. The molecule has 0 aromatic heterocycles. The molecule has 1 saturated carbocycles. The van der Waals surface area contributed by atoms with Gasteiger partial charge < -0.3 is 4.90 Å². The van der Waals surface area contributed by atoms with Crippen LogP contribution < -0.4 is 5.32 Å². The van der Waals surface area contributed by atoms with Gasteiger partial charge in [0.1, 0.15) is 0 Å². The molecule has 1 aliphatic carbocycles. The fourth-order valence-corrected chi connectivity index (χ4v) is 3.76. The first-order chi connectivity index (χ1) is 9.76. The molecule has 2 rings (SSSR count). The summed E-state index contributed by atoms with van der Waals surface area (Å²) in [7, 11) is 0. The molecule has 2 aliphatic rings. The Hall–Kier alpha value is -0.570. The third-order valence-corrected chi connectivity index (χ3v) is 5.09. The van der Waals surface area contributed by atoms with Crippen LogP contribution in [0.3, 0.4) is 0 Å². The number of nitrogens with zero attached hydrogens (tertiary/aromatic N) is 1. The monoisotopic (exact) mass is 280 g/mol. The van der Waals surface area contributed by atoms with Crippen LogP contribution in [0.5, 0.6) is 0 Å². The van der Waals surface area contributed by atoms with Crippen molar-refractivity contribution in [1.29, 1.82) is 0 Å². The van der Waals surface area contributed by atoms with E-state index in [-0.39, 0.29) is 12.2 Å². The highest BCUT2D eigenvalue weighted by Crippen LogP contribution is 2.27. The standard InChI is InChI=1S/C17H32N2O/c1-3-5-11-15-17(20)19(16(4-2)18-15)13-12-14-9-7-6-8-10-14/h14-16,18H,3-13H2,1-2H3. The summed E-state index contributed by atoms with van der Waals surface area (Å²) in [6.07, 6.45) is 12.8. The van der Waals surface area contributed by atoms with E-state index in [1.165, 1.54) is 44.9 Å². The van der Waals surface area contributed by atoms with Crippen LogP contribution in [0.25, 0.3) is 0 Å². The number of hydrogen-bond acceptors (Lipinski definition) is 2. The van der Waals surface area contributed by atoms with Crippen LogP contribution in [0, 0.1) is 5.92 Å². The topological polar surface area (TPSA) is 32.3 Å². The second-order valence-corrected chi connectivity index (χ2v) is 6.61. The molecular formula is C17H32N2O. The van der Waals surface area contributed by atoms with Gasteiger partial charge in [-0.1, -0.05) is 58.8 Å². The zero-order chi connectivity index (χ0) is 14.4. The van der Waals surface area contributed by atoms with Gasteiger partial charge in [0.05, 0.1) is 12.2 Å². The number of amides is 1. The maximum absolute atomic E-state index is 12.5. The molecule has 1 heterocycles. The minimum atomic E-state index is 0.0891. The van der Waals surface area contributed by atoms with Gasteiger partial charge in [0.25, 0.3) is 0 Å². The highest BCUT2D eigenvalue weighted by Gasteiger charge is 2.37. The Morgan fingerprint density at radius 3 is 2.55 bits per heavy atom. The Balaban J connectivity index is 1.82. The number of carbonyl (C=O) groups excluding carboxylic acids is 1. The zero-order valence-corrected chi connectivity index (χ0v) is 13.4. The van der Waals surface area contributed by atoms with Crippen LogP contribution in [0.4, 0.5) is 0 Å². The number of hydrogen-bond donors (Lipinski definition) is 1. The van der Waals surface area contributed by atoms with E-state index in [9.17, 15) is 4.79 Å². The van der Waals surface area contributed by atoms with Crippen LogP contribution in [-0.4, -0.2) is 29.6 Å². The quantitative estimate of drug-likeness (QED) is 0.771. The first-order valence-electron chi connectivity index (χ1n) is 8.82. The molecule has 0 aromatic rings. The lowest BCUT2D eigenvalue weighted by Gasteiger charge is -2.27. The summed E-state index contributed by atoms with van der Waals surface area (Å²) in [6, 6.07) is 0.0891. The minimum Gasteiger partial charge on any atom is -0.326 e. The van der Waals surface area contributed by atoms with E-state index in [0.717, 1.165) is 31.7 Å². The Kier molecular flexibility index (Phi) is 6.34. The average Bonchev–Trinajstić information content (AvgIpc) is 2.80. The summed E-state index contributed by atoms with van der Waals surface area (Å²) in [4.78, 5) is 14.7. The molecule has 2 unspecified atom stereocenters. The van der Waals surface area contributed by atoms with Crippen molar-refractivity contribution in [3.05, 3.63) is 0 Å². The molecule has 116 valence electrons. The average molecular weight is 280 g/mol. The number of carbonyl (C=O) groups is 1. The summed E-state index contributed by atoms with van der Waals surface area (Å²) in [5.41, 5.74) is 0. The lowest BCUT2D eigenvalue weighted by atomic mass is 9.87. The molecule has 2 fully saturated rings. The Bertz CT molecular complexity index is 299. The summed E-state index contributed by atoms with van der Waals surface area (Å²) in [5, 5.41) is 3.54. The molecule has 20 heavy (non-hydrogen) atoms. The maximum Gasteiger partial charge on any atom is 0.241 e. The summed E-state index contributed by atoms with van der Waals surface area (Å²) < 4.78 is 0. The van der Waals surface area contributed by atoms with E-state index in [1.807, 2.05) is 0 Å². The maximum atomic E-state index is 12.5. The number of rotatable bonds is 7. The summed E-state index contributed by atoms with van der Waals surface area (Å²) in [6.45, 7) is 5.34. The van der Waals surface area contributed by atoms with E-state index in [1.54, 1.807) is 0 Å². The van der Waals surface area contributed by atoms with E-state index in [2.05, 4.69) is 24.1 Å². The van der Waals surface area contributed by atoms with Gasteiger partial charge in [-0.3, -0.25) is 10.1 Å². The summed E-state index contributed by atoms with van der Waals surface area (Å²) in [5.74, 6) is 1.23. The Labute approximate surface area is 124 Å². The molecule has 1 aliphatic heterocycles. The predicted molar refractivity (Wildman–Crippen MR) is 83.4 cm³/mol. The van der Waals surface area contributed by atoms with E-state index in [4.69, 9.17) is 0 Å². The van der Waals surface area contributed by atoms with Gasteiger partial charge in [0, 0.05) is 6.54 Å². The van der Waals surface area contributed by atoms with Gasteiger partial charge >= 0.3 is 0 Å². The lowest BCUT2D eigenvalue weighted by Crippen LogP contribution is -2.38. The lowest BCUT2D eigenvalue weighted by molar-refractivity contribution is -0.130. The van der Waals surface area contributed by atoms with E-state index < -0.39 is 0 Å². The van der Waals surface area contributed by atoms with Crippen molar-refractivity contribution in [3.63, 3.8) is 0 Å². The van der Waals surface area contributed by atoms with Gasteiger partial charge in [-0.2, -0.15) is 0 Å². The van der Waals surface area contributed by atoms with Crippen molar-refractivity contribution in [3.8, 4) is 0 Å². The second kappa shape index (κ2) is 8.02. The second-order valence-electron chi connectivity index (χ2n) is 6.61. The Morgan fingerprint density at radius 2 is 1.90 bits per heavy atom. The number of nitrogens with one attached hydrogen (secondary N) is 1. The number of unbranched alkanes of at least 4 members (excludes halogenated alkanes) is 1. The van der Waals surface area contributed by atoms with Crippen LogP contribution in [-0.2, 0) is 4.79 Å². The molecular weight excluding hydrogens is 248 g/mol. The fourth-order valence-electron chi connectivity index (χ4n) is 3.76.